The van der Waals surface area contributed by atoms with Gasteiger partial charge in [0.15, 0.2) is 0 Å². The van der Waals surface area contributed by atoms with E-state index in [0.717, 1.165) is 28.1 Å². The molecule has 0 aliphatic carbocycles. The number of carbonyl (C=O) groups is 2. The third-order valence-electron chi connectivity index (χ3n) is 5.89. The van der Waals surface area contributed by atoms with Crippen molar-refractivity contribution in [1.82, 2.24) is 14.5 Å². The molecule has 4 aromatic rings. The summed E-state index contributed by atoms with van der Waals surface area (Å²) in [5.74, 6) is 0.622. The highest BCUT2D eigenvalue weighted by Gasteiger charge is 2.19. The largest absolute Gasteiger partial charge is 0.497 e. The van der Waals surface area contributed by atoms with Crippen molar-refractivity contribution in [3.05, 3.63) is 109 Å². The maximum absolute atomic E-state index is 13.1. The van der Waals surface area contributed by atoms with Crippen molar-refractivity contribution in [3.63, 3.8) is 0 Å². The van der Waals surface area contributed by atoms with Gasteiger partial charge in [-0.25, -0.2) is 4.98 Å². The number of benzene rings is 3. The average molecular weight is 495 g/mol. The van der Waals surface area contributed by atoms with Gasteiger partial charge >= 0.3 is 0 Å². The van der Waals surface area contributed by atoms with Crippen LogP contribution in [0.25, 0.3) is 16.9 Å². The van der Waals surface area contributed by atoms with Crippen molar-refractivity contribution in [2.75, 3.05) is 25.5 Å². The number of hydrogen-bond acceptors (Lipinski definition) is 4. The van der Waals surface area contributed by atoms with Gasteiger partial charge in [0.05, 0.1) is 19.2 Å². The quantitative estimate of drug-likeness (QED) is 0.313. The van der Waals surface area contributed by atoms with Gasteiger partial charge in [0.25, 0.3) is 0 Å². The summed E-state index contributed by atoms with van der Waals surface area (Å²) >= 11 is 0. The van der Waals surface area contributed by atoms with Crippen LogP contribution in [-0.4, -0.2) is 46.5 Å². The normalized spacial score (nSPS) is 10.5. The van der Waals surface area contributed by atoms with Crippen molar-refractivity contribution in [2.45, 2.75) is 13.3 Å². The van der Waals surface area contributed by atoms with Crippen molar-refractivity contribution < 1.29 is 14.3 Å². The van der Waals surface area contributed by atoms with Crippen molar-refractivity contribution in [3.8, 4) is 22.7 Å². The molecule has 0 saturated heterocycles. The van der Waals surface area contributed by atoms with Crippen LogP contribution in [0.3, 0.4) is 0 Å². The second-order valence-corrected chi connectivity index (χ2v) is 8.66. The molecule has 0 saturated carbocycles. The molecule has 0 aliphatic heterocycles. The fourth-order valence-electron chi connectivity index (χ4n) is 3.90. The van der Waals surface area contributed by atoms with Crippen molar-refractivity contribution >= 4 is 17.8 Å². The van der Waals surface area contributed by atoms with Crippen molar-refractivity contribution in [1.29, 1.82) is 0 Å². The molecule has 7 heteroatoms. The minimum Gasteiger partial charge on any atom is -0.497 e. The van der Waals surface area contributed by atoms with E-state index in [1.54, 1.807) is 13.2 Å². The molecule has 2 amide bonds. The van der Waals surface area contributed by atoms with E-state index in [-0.39, 0.29) is 31.3 Å². The lowest BCUT2D eigenvalue weighted by Gasteiger charge is -2.21. The molecule has 0 spiro atoms. The molecule has 0 bridgehead atoms. The first-order valence-corrected chi connectivity index (χ1v) is 12.0. The Morgan fingerprint density at radius 1 is 1.03 bits per heavy atom. The lowest BCUT2D eigenvalue weighted by atomic mass is 10.1. The molecule has 1 N–H and O–H groups in total. The van der Waals surface area contributed by atoms with Gasteiger partial charge in [0, 0.05) is 24.0 Å². The zero-order valence-electron chi connectivity index (χ0n) is 21.1. The maximum Gasteiger partial charge on any atom is 0.246 e. The van der Waals surface area contributed by atoms with Crippen LogP contribution in [0.1, 0.15) is 11.1 Å². The minimum absolute atomic E-state index is 0.115. The van der Waals surface area contributed by atoms with Gasteiger partial charge < -0.3 is 9.64 Å². The summed E-state index contributed by atoms with van der Waals surface area (Å²) in [6.45, 7) is 5.91. The number of aryl methyl sites for hydroxylation is 1. The number of carbonyl (C=O) groups excluding carboxylic acids is 2. The Kier molecular flexibility index (Phi) is 8.15. The number of nitrogens with one attached hydrogen (secondary N) is 1. The fraction of sp³-hybridized carbons (Fsp3) is 0.167. The van der Waals surface area contributed by atoms with Crippen LogP contribution < -0.4 is 10.1 Å². The first-order chi connectivity index (χ1) is 18.0. The molecule has 4 rings (SSSR count). The Morgan fingerprint density at radius 2 is 1.73 bits per heavy atom. The van der Waals surface area contributed by atoms with E-state index in [4.69, 9.17) is 9.72 Å². The van der Waals surface area contributed by atoms with E-state index < -0.39 is 0 Å². The SMILES string of the molecule is C=CCN(CC(=O)Nc1nc(-c2ccc(OC)cc2)cn1-c1ccc(C)cc1)C(=O)Cc1ccccc1. The van der Waals surface area contributed by atoms with Crippen LogP contribution in [0, 0.1) is 6.92 Å². The topological polar surface area (TPSA) is 76.5 Å². The van der Waals surface area contributed by atoms with E-state index in [2.05, 4.69) is 11.9 Å². The third-order valence-corrected chi connectivity index (χ3v) is 5.89. The van der Waals surface area contributed by atoms with Crippen LogP contribution in [0.4, 0.5) is 5.95 Å². The lowest BCUT2D eigenvalue weighted by molar-refractivity contribution is -0.133. The summed E-state index contributed by atoms with van der Waals surface area (Å²) in [7, 11) is 1.62. The highest BCUT2D eigenvalue weighted by atomic mass is 16.5. The summed E-state index contributed by atoms with van der Waals surface area (Å²) in [6.07, 6.45) is 3.71. The number of methoxy groups -OCH3 is 1. The van der Waals surface area contributed by atoms with Gasteiger partial charge in [-0.05, 0) is 48.9 Å². The predicted octanol–water partition coefficient (Wildman–Crippen LogP) is 5.05. The highest BCUT2D eigenvalue weighted by Crippen LogP contribution is 2.26. The zero-order chi connectivity index (χ0) is 26.2. The standard InChI is InChI=1S/C30H30N4O3/c1-4-18-33(29(36)19-23-8-6-5-7-9-23)21-28(35)32-30-31-27(24-12-16-26(37-3)17-13-24)20-34(30)25-14-10-22(2)11-15-25/h4-17,20H,1,18-19,21H2,2-3H3,(H,31,32,35). The van der Waals surface area contributed by atoms with Gasteiger partial charge in [-0.1, -0.05) is 54.1 Å². The molecule has 1 aromatic heterocycles. The Labute approximate surface area is 217 Å². The average Bonchev–Trinajstić information content (AvgIpc) is 3.33. The number of nitrogens with zero attached hydrogens (tertiary/aromatic N) is 3. The number of rotatable bonds is 10. The molecule has 188 valence electrons. The fourth-order valence-corrected chi connectivity index (χ4v) is 3.90. The molecular weight excluding hydrogens is 464 g/mol. The first kappa shape index (κ1) is 25.4. The van der Waals surface area contributed by atoms with Crippen LogP contribution in [0.2, 0.25) is 0 Å². The molecule has 0 unspecified atom stereocenters. The van der Waals surface area contributed by atoms with E-state index in [1.165, 1.54) is 4.90 Å². The van der Waals surface area contributed by atoms with Gasteiger partial charge in [0.1, 0.15) is 12.3 Å². The third kappa shape index (κ3) is 6.52. The number of amides is 2. The van der Waals surface area contributed by atoms with Gasteiger partial charge in [-0.3, -0.25) is 19.5 Å². The van der Waals surface area contributed by atoms with Gasteiger partial charge in [-0.2, -0.15) is 0 Å². The van der Waals surface area contributed by atoms with Gasteiger partial charge in [-0.15, -0.1) is 6.58 Å². The molecular formula is C30H30N4O3. The summed E-state index contributed by atoms with van der Waals surface area (Å²) in [5, 5.41) is 2.90. The number of aromatic nitrogens is 2. The summed E-state index contributed by atoms with van der Waals surface area (Å²) in [5.41, 5.74) is 4.45. The Hall–Kier alpha value is -4.65. The summed E-state index contributed by atoms with van der Waals surface area (Å²) in [6, 6.07) is 25.0. The second kappa shape index (κ2) is 11.9. The molecule has 0 fully saturated rings. The van der Waals surface area contributed by atoms with Crippen LogP contribution >= 0.6 is 0 Å². The van der Waals surface area contributed by atoms with Crippen LogP contribution in [0.5, 0.6) is 5.75 Å². The summed E-state index contributed by atoms with van der Waals surface area (Å²) < 4.78 is 7.09. The number of hydrogen-bond donors (Lipinski definition) is 1. The molecule has 37 heavy (non-hydrogen) atoms. The van der Waals surface area contributed by atoms with Crippen LogP contribution in [-0.2, 0) is 16.0 Å². The minimum atomic E-state index is -0.344. The van der Waals surface area contributed by atoms with Crippen LogP contribution in [0.15, 0.2) is 97.7 Å². The predicted molar refractivity (Wildman–Crippen MR) is 146 cm³/mol. The Balaban J connectivity index is 1.57. The number of anilines is 1. The molecule has 7 nitrogen and oxygen atoms in total. The molecule has 0 radical (unpaired) electrons. The van der Waals surface area contributed by atoms with E-state index in [1.807, 2.05) is 96.6 Å². The summed E-state index contributed by atoms with van der Waals surface area (Å²) in [4.78, 5) is 32.2. The highest BCUT2D eigenvalue weighted by molar-refractivity contribution is 5.94. The number of imidazole rings is 1. The Bertz CT molecular complexity index is 1360. The molecule has 0 atom stereocenters. The van der Waals surface area contributed by atoms with Gasteiger partial charge in [0.2, 0.25) is 17.8 Å². The smallest absolute Gasteiger partial charge is 0.246 e. The van der Waals surface area contributed by atoms with E-state index >= 15 is 0 Å². The maximum atomic E-state index is 13.1. The van der Waals surface area contributed by atoms with Crippen molar-refractivity contribution in [2.24, 2.45) is 0 Å². The monoisotopic (exact) mass is 494 g/mol. The molecule has 1 heterocycles. The second-order valence-electron chi connectivity index (χ2n) is 8.66. The van der Waals surface area contributed by atoms with E-state index in [0.29, 0.717) is 11.6 Å². The lowest BCUT2D eigenvalue weighted by Crippen LogP contribution is -2.39. The molecule has 3 aromatic carbocycles. The van der Waals surface area contributed by atoms with E-state index in [9.17, 15) is 9.59 Å². The molecule has 0 aliphatic rings. The Morgan fingerprint density at radius 3 is 2.38 bits per heavy atom. The first-order valence-electron chi connectivity index (χ1n) is 12.0. The number of ether oxygens (including phenoxy) is 1. The zero-order valence-corrected chi connectivity index (χ0v) is 21.1.